The van der Waals surface area contributed by atoms with Crippen molar-refractivity contribution in [3.05, 3.63) is 21.2 Å². The first-order chi connectivity index (χ1) is 6.60. The van der Waals surface area contributed by atoms with Crippen LogP contribution in [0, 0.1) is 22.7 Å². The standard InChI is InChI=1S/C7HCl3N4/c8-5-4(3(1-11)2-12)13-6(9)7(10)14-5/h3H. The van der Waals surface area contributed by atoms with Crippen molar-refractivity contribution >= 4 is 34.8 Å². The normalized spacial score (nSPS) is 9.57. The van der Waals surface area contributed by atoms with Crippen LogP contribution in [0.3, 0.4) is 0 Å². The highest BCUT2D eigenvalue weighted by molar-refractivity contribution is 6.41. The number of hydrogen-bond donors (Lipinski definition) is 0. The molecule has 0 N–H and O–H groups in total. The Kier molecular flexibility index (Phi) is 3.49. The molecule has 1 aromatic rings. The van der Waals surface area contributed by atoms with Crippen molar-refractivity contribution in [3.63, 3.8) is 0 Å². The van der Waals surface area contributed by atoms with E-state index in [1.807, 2.05) is 0 Å². The second kappa shape index (κ2) is 4.43. The molecule has 0 aromatic carbocycles. The van der Waals surface area contributed by atoms with Gasteiger partial charge in [0.2, 0.25) is 0 Å². The Bertz CT molecular complexity index is 431. The van der Waals surface area contributed by atoms with Gasteiger partial charge in [-0.05, 0) is 0 Å². The minimum Gasteiger partial charge on any atom is -0.232 e. The number of nitriles is 2. The van der Waals surface area contributed by atoms with Crippen molar-refractivity contribution in [2.75, 3.05) is 0 Å². The van der Waals surface area contributed by atoms with Crippen LogP contribution in [0.15, 0.2) is 0 Å². The third-order valence-electron chi connectivity index (χ3n) is 1.33. The molecule has 0 aliphatic rings. The van der Waals surface area contributed by atoms with Gasteiger partial charge in [-0.2, -0.15) is 10.5 Å². The van der Waals surface area contributed by atoms with Crippen LogP contribution < -0.4 is 0 Å². The molecular weight excluding hydrogens is 246 g/mol. The van der Waals surface area contributed by atoms with E-state index >= 15 is 0 Å². The van der Waals surface area contributed by atoms with E-state index in [0.717, 1.165) is 0 Å². The van der Waals surface area contributed by atoms with Gasteiger partial charge in [0.1, 0.15) is 5.69 Å². The fourth-order valence-electron chi connectivity index (χ4n) is 0.722. The van der Waals surface area contributed by atoms with Crippen molar-refractivity contribution in [1.82, 2.24) is 9.97 Å². The lowest BCUT2D eigenvalue weighted by Gasteiger charge is -2.03. The Hall–Kier alpha value is -1.07. The van der Waals surface area contributed by atoms with Gasteiger partial charge in [-0.1, -0.05) is 34.8 Å². The van der Waals surface area contributed by atoms with Crippen molar-refractivity contribution in [1.29, 1.82) is 10.5 Å². The maximum Gasteiger partial charge on any atom is 0.178 e. The van der Waals surface area contributed by atoms with Crippen molar-refractivity contribution in [3.8, 4) is 12.1 Å². The molecule has 0 aliphatic carbocycles. The number of hydrogen-bond acceptors (Lipinski definition) is 4. The average molecular weight is 247 g/mol. The molecule has 70 valence electrons. The van der Waals surface area contributed by atoms with Gasteiger partial charge in [-0.3, -0.25) is 0 Å². The second-order valence-corrected chi connectivity index (χ2v) is 3.25. The number of nitrogens with zero attached hydrogens (tertiary/aromatic N) is 4. The van der Waals surface area contributed by atoms with Gasteiger partial charge >= 0.3 is 0 Å². The lowest BCUT2D eigenvalue weighted by atomic mass is 10.1. The first-order valence-corrected chi connectivity index (χ1v) is 4.41. The van der Waals surface area contributed by atoms with E-state index < -0.39 is 5.92 Å². The fraction of sp³-hybridized carbons (Fsp3) is 0.143. The highest BCUT2D eigenvalue weighted by atomic mass is 35.5. The molecule has 0 atom stereocenters. The van der Waals surface area contributed by atoms with E-state index in [1.165, 1.54) is 0 Å². The zero-order chi connectivity index (χ0) is 10.7. The van der Waals surface area contributed by atoms with Gasteiger partial charge in [0, 0.05) is 0 Å². The molecule has 1 heterocycles. The molecule has 1 aromatic heterocycles. The number of rotatable bonds is 1. The van der Waals surface area contributed by atoms with Crippen LogP contribution in [0.4, 0.5) is 0 Å². The summed E-state index contributed by atoms with van der Waals surface area (Å²) in [6, 6.07) is 3.41. The van der Waals surface area contributed by atoms with Crippen LogP contribution in [0.1, 0.15) is 11.6 Å². The molecule has 0 saturated heterocycles. The quantitative estimate of drug-likeness (QED) is 0.764. The topological polar surface area (TPSA) is 73.4 Å². The van der Waals surface area contributed by atoms with Crippen molar-refractivity contribution in [2.45, 2.75) is 5.92 Å². The molecule has 1 rings (SSSR count). The van der Waals surface area contributed by atoms with Crippen molar-refractivity contribution < 1.29 is 0 Å². The summed E-state index contributed by atoms with van der Waals surface area (Å²) in [6.45, 7) is 0. The fourth-order valence-corrected chi connectivity index (χ4v) is 1.26. The van der Waals surface area contributed by atoms with E-state index in [0.29, 0.717) is 0 Å². The molecular formula is C7HCl3N4. The maximum absolute atomic E-state index is 8.59. The molecule has 0 fully saturated rings. The summed E-state index contributed by atoms with van der Waals surface area (Å²) in [5, 5.41) is 16.9. The van der Waals surface area contributed by atoms with Gasteiger partial charge in [0.25, 0.3) is 0 Å². The zero-order valence-electron chi connectivity index (χ0n) is 6.50. The summed E-state index contributed by atoms with van der Waals surface area (Å²) in [5.74, 6) is -1.09. The van der Waals surface area contributed by atoms with Crippen LogP contribution in [-0.2, 0) is 0 Å². The monoisotopic (exact) mass is 246 g/mol. The van der Waals surface area contributed by atoms with Gasteiger partial charge < -0.3 is 0 Å². The van der Waals surface area contributed by atoms with Crippen LogP contribution in [0.2, 0.25) is 15.5 Å². The van der Waals surface area contributed by atoms with Crippen LogP contribution in [0.5, 0.6) is 0 Å². The zero-order valence-corrected chi connectivity index (χ0v) is 8.77. The first kappa shape index (κ1) is 11.0. The predicted molar refractivity (Wildman–Crippen MR) is 51.0 cm³/mol. The summed E-state index contributed by atoms with van der Waals surface area (Å²) in [6.07, 6.45) is 0. The Morgan fingerprint density at radius 1 is 0.929 bits per heavy atom. The third-order valence-corrected chi connectivity index (χ3v) is 2.23. The molecule has 4 nitrogen and oxygen atoms in total. The summed E-state index contributed by atoms with van der Waals surface area (Å²) < 4.78 is 0. The molecule has 0 radical (unpaired) electrons. The number of halogens is 3. The van der Waals surface area contributed by atoms with Gasteiger partial charge in [-0.25, -0.2) is 9.97 Å². The molecule has 7 heteroatoms. The summed E-state index contributed by atoms with van der Waals surface area (Å²) in [5.41, 5.74) is 0.0195. The second-order valence-electron chi connectivity index (χ2n) is 2.17. The largest absolute Gasteiger partial charge is 0.232 e. The highest BCUT2D eigenvalue weighted by Gasteiger charge is 2.18. The van der Waals surface area contributed by atoms with Gasteiger partial charge in [-0.15, -0.1) is 0 Å². The highest BCUT2D eigenvalue weighted by Crippen LogP contribution is 2.26. The van der Waals surface area contributed by atoms with E-state index in [9.17, 15) is 0 Å². The first-order valence-electron chi connectivity index (χ1n) is 3.27. The Morgan fingerprint density at radius 2 is 1.43 bits per heavy atom. The summed E-state index contributed by atoms with van der Waals surface area (Å²) in [7, 11) is 0. The lowest BCUT2D eigenvalue weighted by Crippen LogP contribution is -2.00. The molecule has 0 amide bonds. The molecule has 0 bridgehead atoms. The molecule has 0 unspecified atom stereocenters. The summed E-state index contributed by atoms with van der Waals surface area (Å²) >= 11 is 16.7. The summed E-state index contributed by atoms with van der Waals surface area (Å²) in [4.78, 5) is 7.33. The van der Waals surface area contributed by atoms with E-state index in [-0.39, 0.29) is 21.2 Å². The van der Waals surface area contributed by atoms with E-state index in [2.05, 4.69) is 9.97 Å². The lowest BCUT2D eigenvalue weighted by molar-refractivity contribution is 0.983. The molecule has 14 heavy (non-hydrogen) atoms. The van der Waals surface area contributed by atoms with Crippen LogP contribution in [-0.4, -0.2) is 9.97 Å². The predicted octanol–water partition coefficient (Wildman–Crippen LogP) is 2.57. The molecule has 0 saturated carbocycles. The third kappa shape index (κ3) is 2.05. The Morgan fingerprint density at radius 3 is 1.93 bits per heavy atom. The Labute approximate surface area is 94.7 Å². The minimum absolute atomic E-state index is 0.0195. The van der Waals surface area contributed by atoms with E-state index in [1.54, 1.807) is 12.1 Å². The van der Waals surface area contributed by atoms with Crippen molar-refractivity contribution in [2.24, 2.45) is 0 Å². The van der Waals surface area contributed by atoms with Crippen LogP contribution >= 0.6 is 34.8 Å². The average Bonchev–Trinajstić information content (AvgIpc) is 2.15. The maximum atomic E-state index is 8.59. The minimum atomic E-state index is -1.09. The number of aromatic nitrogens is 2. The van der Waals surface area contributed by atoms with E-state index in [4.69, 9.17) is 45.3 Å². The van der Waals surface area contributed by atoms with Gasteiger partial charge in [0.15, 0.2) is 21.4 Å². The SMILES string of the molecule is N#CC(C#N)c1nc(Cl)c(Cl)nc1Cl. The smallest absolute Gasteiger partial charge is 0.178 e. The Balaban J connectivity index is 3.31. The molecule has 0 spiro atoms. The molecule has 0 aliphatic heterocycles. The van der Waals surface area contributed by atoms with Crippen LogP contribution in [0.25, 0.3) is 0 Å². The van der Waals surface area contributed by atoms with Gasteiger partial charge in [0.05, 0.1) is 12.1 Å².